The molecule has 0 saturated heterocycles. The van der Waals surface area contributed by atoms with Crippen molar-refractivity contribution in [2.45, 2.75) is 19.9 Å². The van der Waals surface area contributed by atoms with Crippen molar-refractivity contribution in [2.75, 3.05) is 0 Å². The van der Waals surface area contributed by atoms with E-state index in [4.69, 9.17) is 0 Å². The van der Waals surface area contributed by atoms with Crippen LogP contribution in [-0.2, 0) is 0 Å². The van der Waals surface area contributed by atoms with Gasteiger partial charge in [0.05, 0.1) is 0 Å². The highest BCUT2D eigenvalue weighted by molar-refractivity contribution is 6.96. The fraction of sp³-hybridized carbons (Fsp3) is 0.250. The molecule has 2 heteroatoms. The van der Waals surface area contributed by atoms with E-state index in [1.165, 1.54) is 6.04 Å². The van der Waals surface area contributed by atoms with Crippen molar-refractivity contribution in [3.05, 3.63) is 48.5 Å². The lowest BCUT2D eigenvalue weighted by molar-refractivity contribution is 0.730. The summed E-state index contributed by atoms with van der Waals surface area (Å²) in [6, 6.07) is 19.5. The van der Waals surface area contributed by atoms with Crippen LogP contribution in [0.1, 0.15) is 13.8 Å². The van der Waals surface area contributed by atoms with Crippen LogP contribution in [0.4, 0.5) is 0 Å². The van der Waals surface area contributed by atoms with E-state index in [0.717, 1.165) is 15.4 Å². The van der Waals surface area contributed by atoms with Gasteiger partial charge in [0, 0.05) is 0 Å². The molecule has 1 aliphatic heterocycles. The predicted octanol–water partition coefficient (Wildman–Crippen LogP) is 0.920. The van der Waals surface area contributed by atoms with E-state index in [0.29, 0.717) is 0 Å². The molecule has 0 aromatic heterocycles. The van der Waals surface area contributed by atoms with E-state index in [1.54, 1.807) is 20.7 Å². The van der Waals surface area contributed by atoms with Crippen LogP contribution in [0.25, 0.3) is 0 Å². The van der Waals surface area contributed by atoms with Gasteiger partial charge in [-0.1, -0.05) is 83.1 Å². The first-order chi connectivity index (χ1) is 8.75. The Morgan fingerprint density at radius 2 is 1.39 bits per heavy atom. The molecule has 2 aromatic rings. The van der Waals surface area contributed by atoms with Crippen molar-refractivity contribution in [3.63, 3.8) is 0 Å². The summed E-state index contributed by atoms with van der Waals surface area (Å²) in [5.74, 6) is 0.779. The normalized spacial score (nSPS) is 14.4. The Bertz CT molecular complexity index is 515. The summed E-state index contributed by atoms with van der Waals surface area (Å²) in [7, 11) is 0.298. The number of fused-ring (bicyclic) bond motifs is 2. The average Bonchev–Trinajstić information content (AvgIpc) is 2.38. The van der Waals surface area contributed by atoms with Crippen molar-refractivity contribution < 1.29 is 0 Å². The second-order valence-electron chi connectivity index (χ2n) is 5.29. The lowest BCUT2D eigenvalue weighted by Gasteiger charge is -2.27. The summed E-state index contributed by atoms with van der Waals surface area (Å²) in [5.41, 5.74) is 0. The molecule has 1 aliphatic rings. The van der Waals surface area contributed by atoms with Gasteiger partial charge in [0.15, 0.2) is 0 Å². The zero-order chi connectivity index (χ0) is 12.5. The quantitative estimate of drug-likeness (QED) is 0.709. The standard InChI is InChI=1S/C16H17Si2/c1-12(2)11-18-15-9-5-3-7-13(15)17-14-8-4-6-10-16(14)18/h3-10,12H,11H2,1-2H3. The SMILES string of the molecule is CC(C)C[Si]1c2ccccc2[Si]c2ccccc21. The van der Waals surface area contributed by atoms with E-state index in [-0.39, 0.29) is 0 Å². The summed E-state index contributed by atoms with van der Waals surface area (Å²) < 4.78 is 0. The molecule has 3 radical (unpaired) electrons. The zero-order valence-electron chi connectivity index (χ0n) is 10.9. The van der Waals surface area contributed by atoms with Gasteiger partial charge in [0.25, 0.3) is 0 Å². The Morgan fingerprint density at radius 1 is 0.889 bits per heavy atom. The highest BCUT2D eigenvalue weighted by atomic mass is 28.3. The topological polar surface area (TPSA) is 0 Å². The molecule has 3 rings (SSSR count). The smallest absolute Gasteiger partial charge is 0.0632 e. The van der Waals surface area contributed by atoms with E-state index >= 15 is 0 Å². The fourth-order valence-electron chi connectivity index (χ4n) is 2.63. The molecule has 1 heterocycles. The molecule has 0 atom stereocenters. The Morgan fingerprint density at radius 3 is 1.89 bits per heavy atom. The number of hydrogen-bond acceptors (Lipinski definition) is 0. The van der Waals surface area contributed by atoms with Crippen molar-refractivity contribution in [1.29, 1.82) is 0 Å². The molecule has 0 spiro atoms. The lowest BCUT2D eigenvalue weighted by Crippen LogP contribution is -2.63. The van der Waals surface area contributed by atoms with Gasteiger partial charge in [-0.15, -0.1) is 0 Å². The average molecular weight is 265 g/mol. The monoisotopic (exact) mass is 265 g/mol. The van der Waals surface area contributed by atoms with E-state index in [9.17, 15) is 0 Å². The van der Waals surface area contributed by atoms with Gasteiger partial charge >= 0.3 is 0 Å². The van der Waals surface area contributed by atoms with Gasteiger partial charge in [-0.25, -0.2) is 0 Å². The van der Waals surface area contributed by atoms with Crippen molar-refractivity contribution in [2.24, 2.45) is 5.92 Å². The number of hydrogen-bond donors (Lipinski definition) is 0. The zero-order valence-corrected chi connectivity index (χ0v) is 12.9. The maximum absolute atomic E-state index is 2.37. The number of rotatable bonds is 2. The predicted molar refractivity (Wildman–Crippen MR) is 82.6 cm³/mol. The van der Waals surface area contributed by atoms with Crippen LogP contribution in [0.5, 0.6) is 0 Å². The van der Waals surface area contributed by atoms with Crippen LogP contribution < -0.4 is 20.7 Å². The highest BCUT2D eigenvalue weighted by Crippen LogP contribution is 2.07. The summed E-state index contributed by atoms with van der Waals surface area (Å²) in [6.45, 7) is 4.69. The molecule has 0 fully saturated rings. The summed E-state index contributed by atoms with van der Waals surface area (Å²) in [5, 5.41) is 6.50. The minimum atomic E-state index is -0.554. The van der Waals surface area contributed by atoms with Crippen LogP contribution >= 0.6 is 0 Å². The van der Waals surface area contributed by atoms with Gasteiger partial charge in [-0.2, -0.15) is 0 Å². The first-order valence-corrected chi connectivity index (χ1v) is 9.28. The first kappa shape index (κ1) is 11.9. The first-order valence-electron chi connectivity index (χ1n) is 6.57. The Hall–Kier alpha value is -1.13. The van der Waals surface area contributed by atoms with Crippen LogP contribution in [0, 0.1) is 5.92 Å². The van der Waals surface area contributed by atoms with Gasteiger partial charge in [0.1, 0.15) is 18.3 Å². The summed E-state index contributed by atoms with van der Waals surface area (Å²) >= 11 is 0. The molecule has 0 saturated carbocycles. The molecule has 89 valence electrons. The second kappa shape index (κ2) is 4.86. The Labute approximate surface area is 113 Å². The second-order valence-corrected chi connectivity index (χ2v) is 9.06. The van der Waals surface area contributed by atoms with Crippen LogP contribution in [0.3, 0.4) is 0 Å². The van der Waals surface area contributed by atoms with Crippen molar-refractivity contribution >= 4 is 39.1 Å². The summed E-state index contributed by atoms with van der Waals surface area (Å²) in [4.78, 5) is 0. The third kappa shape index (κ3) is 2.11. The molecule has 0 aliphatic carbocycles. The number of benzene rings is 2. The molecule has 0 N–H and O–H groups in total. The fourth-order valence-corrected chi connectivity index (χ4v) is 7.95. The molecular weight excluding hydrogens is 248 g/mol. The minimum absolute atomic E-state index is 0.554. The van der Waals surface area contributed by atoms with Crippen molar-refractivity contribution in [1.82, 2.24) is 0 Å². The van der Waals surface area contributed by atoms with Gasteiger partial charge in [0.2, 0.25) is 0 Å². The maximum Gasteiger partial charge on any atom is 0.121 e. The third-order valence-corrected chi connectivity index (χ3v) is 8.69. The molecule has 2 aromatic carbocycles. The van der Waals surface area contributed by atoms with E-state index < -0.39 is 8.80 Å². The molecule has 18 heavy (non-hydrogen) atoms. The Kier molecular flexibility index (Phi) is 3.22. The highest BCUT2D eigenvalue weighted by Gasteiger charge is 2.27. The van der Waals surface area contributed by atoms with Gasteiger partial charge in [-0.3, -0.25) is 0 Å². The molecule has 0 unspecified atom stereocenters. The largest absolute Gasteiger partial charge is 0.121 e. The van der Waals surface area contributed by atoms with Gasteiger partial charge in [-0.05, 0) is 12.0 Å². The van der Waals surface area contributed by atoms with Crippen LogP contribution in [0.2, 0.25) is 6.04 Å². The molecule has 0 amide bonds. The van der Waals surface area contributed by atoms with Crippen molar-refractivity contribution in [3.8, 4) is 0 Å². The lowest BCUT2D eigenvalue weighted by atomic mass is 10.3. The molecule has 0 bridgehead atoms. The van der Waals surface area contributed by atoms with Gasteiger partial charge < -0.3 is 0 Å². The minimum Gasteiger partial charge on any atom is -0.0632 e. The molecule has 0 nitrogen and oxygen atoms in total. The van der Waals surface area contributed by atoms with E-state index in [1.807, 2.05) is 0 Å². The maximum atomic E-state index is 2.37. The summed E-state index contributed by atoms with van der Waals surface area (Å²) in [6.07, 6.45) is 0. The van der Waals surface area contributed by atoms with Crippen LogP contribution in [0.15, 0.2) is 48.5 Å². The van der Waals surface area contributed by atoms with E-state index in [2.05, 4.69) is 62.4 Å². The molecular formula is C16H17Si2. The van der Waals surface area contributed by atoms with Crippen LogP contribution in [-0.4, -0.2) is 18.3 Å². The Balaban J connectivity index is 2.11. The third-order valence-electron chi connectivity index (χ3n) is 3.39.